The third-order valence-corrected chi connectivity index (χ3v) is 1.87. The highest BCUT2D eigenvalue weighted by molar-refractivity contribution is 5.06. The average Bonchev–Trinajstić information content (AvgIpc) is 2.03. The summed E-state index contributed by atoms with van der Waals surface area (Å²) >= 11 is 0. The van der Waals surface area contributed by atoms with Crippen LogP contribution in [0.3, 0.4) is 0 Å². The van der Waals surface area contributed by atoms with Gasteiger partial charge in [-0.05, 0) is 25.7 Å². The van der Waals surface area contributed by atoms with Crippen LogP contribution in [-0.2, 0) is 0 Å². The molecule has 0 spiro atoms. The molecule has 0 rings (SSSR count). The molecule has 0 bridgehead atoms. The maximum atomic E-state index is 9.44. The second-order valence-corrected chi connectivity index (χ2v) is 2.59. The van der Waals surface area contributed by atoms with Crippen LogP contribution in [0, 0.1) is 24.7 Å². The zero-order chi connectivity index (χ0) is 8.69. The zero-order valence-corrected chi connectivity index (χ0v) is 7.43. The molecule has 1 unspecified atom stereocenters. The second kappa shape index (κ2) is 6.24. The van der Waals surface area contributed by atoms with E-state index in [1.54, 1.807) is 0 Å². The molecular formula is C10H17O. The number of aliphatic hydroxyl groups is 1. The van der Waals surface area contributed by atoms with Crippen molar-refractivity contribution in [3.8, 4) is 11.8 Å². The molecule has 0 aromatic rings. The van der Waals surface area contributed by atoms with E-state index in [4.69, 9.17) is 0 Å². The van der Waals surface area contributed by atoms with E-state index in [-0.39, 0.29) is 0 Å². The van der Waals surface area contributed by atoms with Gasteiger partial charge in [0.05, 0.1) is 0 Å². The minimum atomic E-state index is -0.452. The van der Waals surface area contributed by atoms with Gasteiger partial charge in [0.25, 0.3) is 0 Å². The van der Waals surface area contributed by atoms with Crippen molar-refractivity contribution in [2.24, 2.45) is 5.92 Å². The van der Waals surface area contributed by atoms with Crippen LogP contribution in [-0.4, -0.2) is 11.2 Å². The van der Waals surface area contributed by atoms with Crippen LogP contribution in [0.1, 0.15) is 33.1 Å². The van der Waals surface area contributed by atoms with Crippen LogP contribution in [0.15, 0.2) is 0 Å². The summed E-state index contributed by atoms with van der Waals surface area (Å²) < 4.78 is 0. The first kappa shape index (κ1) is 10.5. The van der Waals surface area contributed by atoms with E-state index in [2.05, 4.69) is 32.6 Å². The van der Waals surface area contributed by atoms with E-state index >= 15 is 0 Å². The quantitative estimate of drug-likeness (QED) is 0.615. The van der Waals surface area contributed by atoms with Gasteiger partial charge in [0.15, 0.2) is 0 Å². The highest BCUT2D eigenvalue weighted by Gasteiger charge is 2.11. The van der Waals surface area contributed by atoms with Crippen LogP contribution in [0.5, 0.6) is 0 Å². The van der Waals surface area contributed by atoms with Gasteiger partial charge in [-0.15, -0.1) is 5.92 Å². The van der Waals surface area contributed by atoms with E-state index in [0.29, 0.717) is 12.3 Å². The number of hydrogen-bond acceptors (Lipinski definition) is 1. The monoisotopic (exact) mass is 153 g/mol. The minimum Gasteiger partial charge on any atom is -0.380 e. The minimum absolute atomic E-state index is 0.328. The molecule has 11 heavy (non-hydrogen) atoms. The van der Waals surface area contributed by atoms with Crippen molar-refractivity contribution in [1.82, 2.24) is 0 Å². The number of rotatable bonds is 3. The fourth-order valence-corrected chi connectivity index (χ4v) is 1.03. The highest BCUT2D eigenvalue weighted by Crippen LogP contribution is 2.11. The Morgan fingerprint density at radius 3 is 2.27 bits per heavy atom. The Balaban J connectivity index is 3.87. The zero-order valence-electron chi connectivity index (χ0n) is 7.43. The fraction of sp³-hybridized carbons (Fsp3) is 0.700. The SMILES string of the molecule is [CH2]CC#CC(O)C(CC)CC. The van der Waals surface area contributed by atoms with Gasteiger partial charge in [0.2, 0.25) is 0 Å². The molecule has 0 heterocycles. The Morgan fingerprint density at radius 2 is 1.91 bits per heavy atom. The van der Waals surface area contributed by atoms with E-state index in [1.807, 2.05) is 0 Å². The van der Waals surface area contributed by atoms with E-state index in [1.165, 1.54) is 0 Å². The summed E-state index contributed by atoms with van der Waals surface area (Å²) in [6.45, 7) is 7.73. The molecule has 0 saturated carbocycles. The lowest BCUT2D eigenvalue weighted by molar-refractivity contribution is 0.155. The van der Waals surface area contributed by atoms with Gasteiger partial charge >= 0.3 is 0 Å². The number of hydrogen-bond donors (Lipinski definition) is 1. The van der Waals surface area contributed by atoms with Crippen molar-refractivity contribution >= 4 is 0 Å². The third-order valence-electron chi connectivity index (χ3n) is 1.87. The van der Waals surface area contributed by atoms with E-state index < -0.39 is 6.10 Å². The lowest BCUT2D eigenvalue weighted by atomic mass is 9.97. The van der Waals surface area contributed by atoms with Gasteiger partial charge in [-0.2, -0.15) is 0 Å². The van der Waals surface area contributed by atoms with Gasteiger partial charge in [0.1, 0.15) is 6.10 Å². The van der Waals surface area contributed by atoms with Crippen molar-refractivity contribution in [2.75, 3.05) is 0 Å². The molecule has 0 aliphatic heterocycles. The van der Waals surface area contributed by atoms with Crippen molar-refractivity contribution < 1.29 is 5.11 Å². The average molecular weight is 153 g/mol. The lowest BCUT2D eigenvalue weighted by Gasteiger charge is -2.13. The predicted molar refractivity (Wildman–Crippen MR) is 47.8 cm³/mol. The van der Waals surface area contributed by atoms with Gasteiger partial charge < -0.3 is 5.11 Å². The summed E-state index contributed by atoms with van der Waals surface area (Å²) in [4.78, 5) is 0. The second-order valence-electron chi connectivity index (χ2n) is 2.59. The first-order valence-corrected chi connectivity index (χ1v) is 4.21. The molecular weight excluding hydrogens is 136 g/mol. The smallest absolute Gasteiger partial charge is 0.117 e. The summed E-state index contributed by atoms with van der Waals surface area (Å²) in [5, 5.41) is 9.44. The fourth-order valence-electron chi connectivity index (χ4n) is 1.03. The Labute approximate surface area is 69.8 Å². The summed E-state index contributed by atoms with van der Waals surface area (Å²) in [7, 11) is 0. The van der Waals surface area contributed by atoms with Crippen molar-refractivity contribution in [1.29, 1.82) is 0 Å². The topological polar surface area (TPSA) is 20.2 Å². The van der Waals surface area contributed by atoms with Gasteiger partial charge in [-0.3, -0.25) is 0 Å². The summed E-state index contributed by atoms with van der Waals surface area (Å²) in [5.74, 6) is 5.89. The molecule has 1 heteroatoms. The van der Waals surface area contributed by atoms with Crippen molar-refractivity contribution in [3.05, 3.63) is 6.92 Å². The molecule has 1 nitrogen and oxygen atoms in total. The molecule has 0 amide bonds. The molecule has 1 radical (unpaired) electrons. The molecule has 1 N–H and O–H groups in total. The molecule has 0 aromatic carbocycles. The van der Waals surface area contributed by atoms with Crippen LogP contribution >= 0.6 is 0 Å². The first-order chi connectivity index (χ1) is 5.26. The Bertz CT molecular complexity index is 137. The molecule has 0 saturated heterocycles. The molecule has 63 valence electrons. The van der Waals surface area contributed by atoms with Crippen LogP contribution in [0.25, 0.3) is 0 Å². The normalized spacial score (nSPS) is 12.5. The Hall–Kier alpha value is -0.480. The Morgan fingerprint density at radius 1 is 1.36 bits per heavy atom. The summed E-state index contributed by atoms with van der Waals surface area (Å²) in [5.41, 5.74) is 0. The summed E-state index contributed by atoms with van der Waals surface area (Å²) in [6, 6.07) is 0. The first-order valence-electron chi connectivity index (χ1n) is 4.21. The maximum Gasteiger partial charge on any atom is 0.117 e. The molecule has 0 aliphatic rings. The molecule has 0 aromatic heterocycles. The maximum absolute atomic E-state index is 9.44. The Kier molecular flexibility index (Phi) is 5.97. The van der Waals surface area contributed by atoms with Crippen LogP contribution in [0.4, 0.5) is 0 Å². The van der Waals surface area contributed by atoms with E-state index in [0.717, 1.165) is 12.8 Å². The standard InChI is InChI=1S/C10H17O/c1-4-7-8-10(11)9(5-2)6-3/h9-11H,1,4-6H2,2-3H3. The largest absolute Gasteiger partial charge is 0.380 e. The van der Waals surface area contributed by atoms with Crippen LogP contribution < -0.4 is 0 Å². The van der Waals surface area contributed by atoms with Crippen molar-refractivity contribution in [2.45, 2.75) is 39.2 Å². The van der Waals surface area contributed by atoms with Gasteiger partial charge in [0, 0.05) is 6.42 Å². The molecule has 0 aliphatic carbocycles. The molecule has 1 atom stereocenters. The van der Waals surface area contributed by atoms with Gasteiger partial charge in [-0.1, -0.05) is 19.8 Å². The highest BCUT2D eigenvalue weighted by atomic mass is 16.3. The third kappa shape index (κ3) is 4.06. The van der Waals surface area contributed by atoms with E-state index in [9.17, 15) is 5.11 Å². The predicted octanol–water partition coefficient (Wildman–Crippen LogP) is 2.01. The van der Waals surface area contributed by atoms with Gasteiger partial charge in [-0.25, -0.2) is 0 Å². The van der Waals surface area contributed by atoms with Crippen molar-refractivity contribution in [3.63, 3.8) is 0 Å². The van der Waals surface area contributed by atoms with Crippen LogP contribution in [0.2, 0.25) is 0 Å². The summed E-state index contributed by atoms with van der Waals surface area (Å²) in [6.07, 6.45) is 2.11. The molecule has 0 fully saturated rings. The lowest BCUT2D eigenvalue weighted by Crippen LogP contribution is -2.16. The number of aliphatic hydroxyl groups excluding tert-OH is 1.